The topological polar surface area (TPSA) is 46.9 Å². The van der Waals surface area contributed by atoms with Gasteiger partial charge in [0.15, 0.2) is 0 Å². The SMILES string of the molecule is O=C(NC1CCCCC1)C(CCc1ccccc1)n1c(-c2ccccc2)nc2ccccc21. The van der Waals surface area contributed by atoms with Crippen LogP contribution in [0.1, 0.15) is 50.1 Å². The van der Waals surface area contributed by atoms with E-state index in [-0.39, 0.29) is 18.0 Å². The van der Waals surface area contributed by atoms with E-state index in [1.807, 2.05) is 42.5 Å². The van der Waals surface area contributed by atoms with Gasteiger partial charge in [-0.15, -0.1) is 0 Å². The summed E-state index contributed by atoms with van der Waals surface area (Å²) in [6, 6.07) is 28.8. The zero-order chi connectivity index (χ0) is 22.5. The Morgan fingerprint density at radius 1 is 0.879 bits per heavy atom. The first-order chi connectivity index (χ1) is 16.3. The van der Waals surface area contributed by atoms with Crippen molar-refractivity contribution >= 4 is 16.9 Å². The van der Waals surface area contributed by atoms with Crippen LogP contribution in [0.3, 0.4) is 0 Å². The molecule has 0 aliphatic heterocycles. The van der Waals surface area contributed by atoms with Crippen LogP contribution in [-0.2, 0) is 11.2 Å². The summed E-state index contributed by atoms with van der Waals surface area (Å²) in [5.74, 6) is 0.965. The van der Waals surface area contributed by atoms with Crippen LogP contribution in [0.4, 0.5) is 0 Å². The summed E-state index contributed by atoms with van der Waals surface area (Å²) in [6.45, 7) is 0. The number of nitrogens with zero attached hydrogens (tertiary/aromatic N) is 2. The average molecular weight is 438 g/mol. The first-order valence-electron chi connectivity index (χ1n) is 12.2. The summed E-state index contributed by atoms with van der Waals surface area (Å²) in [7, 11) is 0. The van der Waals surface area contributed by atoms with Crippen LogP contribution in [0.15, 0.2) is 84.9 Å². The Morgan fingerprint density at radius 3 is 2.30 bits per heavy atom. The van der Waals surface area contributed by atoms with Gasteiger partial charge in [-0.3, -0.25) is 4.79 Å². The third-order valence-corrected chi connectivity index (χ3v) is 6.74. The van der Waals surface area contributed by atoms with Gasteiger partial charge in [-0.2, -0.15) is 0 Å². The Kier molecular flexibility index (Phi) is 6.52. The van der Waals surface area contributed by atoms with Crippen molar-refractivity contribution in [3.05, 3.63) is 90.5 Å². The van der Waals surface area contributed by atoms with Gasteiger partial charge >= 0.3 is 0 Å². The summed E-state index contributed by atoms with van der Waals surface area (Å²) in [6.07, 6.45) is 7.38. The number of hydrogen-bond acceptors (Lipinski definition) is 2. The second kappa shape index (κ2) is 10.0. The molecule has 4 aromatic rings. The third-order valence-electron chi connectivity index (χ3n) is 6.74. The highest BCUT2D eigenvalue weighted by Crippen LogP contribution is 2.31. The number of amides is 1. The van der Waals surface area contributed by atoms with Gasteiger partial charge < -0.3 is 9.88 Å². The molecule has 1 atom stereocenters. The molecule has 4 heteroatoms. The highest BCUT2D eigenvalue weighted by Gasteiger charge is 2.28. The zero-order valence-electron chi connectivity index (χ0n) is 19.0. The van der Waals surface area contributed by atoms with Gasteiger partial charge in [0.05, 0.1) is 11.0 Å². The molecule has 1 N–H and O–H groups in total. The fourth-order valence-electron chi connectivity index (χ4n) is 5.02. The molecule has 1 heterocycles. The van der Waals surface area contributed by atoms with Crippen molar-refractivity contribution in [3.63, 3.8) is 0 Å². The molecule has 0 bridgehead atoms. The van der Waals surface area contributed by atoms with Crippen LogP contribution in [0.2, 0.25) is 0 Å². The standard InChI is InChI=1S/C29H31N3O/c33-29(30-24-16-8-3-9-17-24)27(21-20-22-12-4-1-5-13-22)32-26-19-11-10-18-25(26)31-28(32)23-14-6-2-7-15-23/h1-2,4-7,10-15,18-19,24,27H,3,8-9,16-17,20-21H2,(H,30,33). The van der Waals surface area contributed by atoms with Gasteiger partial charge in [-0.05, 0) is 43.4 Å². The Bertz CT molecular complexity index is 1190. The lowest BCUT2D eigenvalue weighted by Gasteiger charge is -2.27. The van der Waals surface area contributed by atoms with Crippen LogP contribution < -0.4 is 5.32 Å². The minimum absolute atomic E-state index is 0.109. The average Bonchev–Trinajstić information content (AvgIpc) is 3.25. The van der Waals surface area contributed by atoms with Crippen molar-refractivity contribution in [3.8, 4) is 11.4 Å². The molecule has 4 nitrogen and oxygen atoms in total. The van der Waals surface area contributed by atoms with Crippen LogP contribution in [0, 0.1) is 0 Å². The monoisotopic (exact) mass is 437 g/mol. The maximum absolute atomic E-state index is 13.8. The second-order valence-corrected chi connectivity index (χ2v) is 9.04. The molecule has 1 saturated carbocycles. The fraction of sp³-hybridized carbons (Fsp3) is 0.310. The Balaban J connectivity index is 1.55. The van der Waals surface area contributed by atoms with E-state index in [1.165, 1.54) is 24.8 Å². The normalized spacial score (nSPS) is 15.4. The van der Waals surface area contributed by atoms with Crippen molar-refractivity contribution in [2.75, 3.05) is 0 Å². The highest BCUT2D eigenvalue weighted by molar-refractivity contribution is 5.87. The molecule has 1 unspecified atom stereocenters. The van der Waals surface area contributed by atoms with E-state index in [1.54, 1.807) is 0 Å². The molecule has 1 amide bonds. The van der Waals surface area contributed by atoms with E-state index < -0.39 is 0 Å². The molecule has 5 rings (SSSR count). The van der Waals surface area contributed by atoms with Crippen molar-refractivity contribution in [2.24, 2.45) is 0 Å². The number of aryl methyl sites for hydroxylation is 1. The van der Waals surface area contributed by atoms with Crippen molar-refractivity contribution in [1.82, 2.24) is 14.9 Å². The number of carbonyl (C=O) groups excluding carboxylic acids is 1. The van der Waals surface area contributed by atoms with E-state index in [0.29, 0.717) is 0 Å². The quantitative estimate of drug-likeness (QED) is 0.367. The molecule has 168 valence electrons. The van der Waals surface area contributed by atoms with Gasteiger partial charge in [0.25, 0.3) is 0 Å². The van der Waals surface area contributed by atoms with Gasteiger partial charge in [0.1, 0.15) is 11.9 Å². The van der Waals surface area contributed by atoms with Gasteiger partial charge in [0, 0.05) is 11.6 Å². The molecule has 1 fully saturated rings. The number of aromatic nitrogens is 2. The number of carbonyl (C=O) groups is 1. The predicted molar refractivity (Wildman–Crippen MR) is 134 cm³/mol. The first kappa shape index (κ1) is 21.4. The minimum atomic E-state index is -0.324. The van der Waals surface area contributed by atoms with E-state index >= 15 is 0 Å². The molecule has 3 aromatic carbocycles. The molecule has 1 aromatic heterocycles. The Morgan fingerprint density at radius 2 is 1.55 bits per heavy atom. The van der Waals surface area contributed by atoms with Gasteiger partial charge in [0.2, 0.25) is 5.91 Å². The number of hydrogen-bond donors (Lipinski definition) is 1. The lowest BCUT2D eigenvalue weighted by Crippen LogP contribution is -2.41. The molecule has 1 aliphatic carbocycles. The Labute approximate surface area is 195 Å². The molecule has 1 aliphatic rings. The first-order valence-corrected chi connectivity index (χ1v) is 12.2. The number of fused-ring (bicyclic) bond motifs is 1. The number of rotatable bonds is 7. The smallest absolute Gasteiger partial charge is 0.243 e. The van der Waals surface area contributed by atoms with Crippen LogP contribution in [0.5, 0.6) is 0 Å². The van der Waals surface area contributed by atoms with Crippen molar-refractivity contribution in [1.29, 1.82) is 0 Å². The third kappa shape index (κ3) is 4.85. The van der Waals surface area contributed by atoms with Crippen molar-refractivity contribution in [2.45, 2.75) is 57.0 Å². The lowest BCUT2D eigenvalue weighted by molar-refractivity contribution is -0.125. The Hall–Kier alpha value is -3.40. The second-order valence-electron chi connectivity index (χ2n) is 9.04. The van der Waals surface area contributed by atoms with Crippen LogP contribution >= 0.6 is 0 Å². The van der Waals surface area contributed by atoms with E-state index in [0.717, 1.165) is 48.1 Å². The summed E-state index contributed by atoms with van der Waals surface area (Å²) in [5, 5.41) is 3.40. The maximum atomic E-state index is 13.8. The highest BCUT2D eigenvalue weighted by atomic mass is 16.2. The van der Waals surface area contributed by atoms with Crippen molar-refractivity contribution < 1.29 is 4.79 Å². The zero-order valence-corrected chi connectivity index (χ0v) is 19.0. The molecule has 33 heavy (non-hydrogen) atoms. The molecule has 0 spiro atoms. The fourth-order valence-corrected chi connectivity index (χ4v) is 5.02. The van der Waals surface area contributed by atoms with E-state index in [4.69, 9.17) is 4.98 Å². The van der Waals surface area contributed by atoms with Gasteiger partial charge in [-0.1, -0.05) is 92.1 Å². The maximum Gasteiger partial charge on any atom is 0.243 e. The number of imidazole rings is 1. The molecule has 0 saturated heterocycles. The largest absolute Gasteiger partial charge is 0.352 e. The predicted octanol–water partition coefficient (Wildman–Crippen LogP) is 6.33. The summed E-state index contributed by atoms with van der Waals surface area (Å²) >= 11 is 0. The van der Waals surface area contributed by atoms with Crippen LogP contribution in [0.25, 0.3) is 22.4 Å². The minimum Gasteiger partial charge on any atom is -0.352 e. The summed E-state index contributed by atoms with van der Waals surface area (Å²) < 4.78 is 2.17. The van der Waals surface area contributed by atoms with E-state index in [2.05, 4.69) is 52.3 Å². The van der Waals surface area contributed by atoms with Gasteiger partial charge in [-0.25, -0.2) is 4.98 Å². The summed E-state index contributed by atoms with van der Waals surface area (Å²) in [5.41, 5.74) is 4.21. The molecule has 0 radical (unpaired) electrons. The number of para-hydroxylation sites is 2. The van der Waals surface area contributed by atoms with E-state index in [9.17, 15) is 4.79 Å². The number of nitrogens with one attached hydrogen (secondary N) is 1. The summed E-state index contributed by atoms with van der Waals surface area (Å²) in [4.78, 5) is 18.8. The number of benzene rings is 3. The molecular formula is C29H31N3O. The molecular weight excluding hydrogens is 406 g/mol. The van der Waals surface area contributed by atoms with Crippen LogP contribution in [-0.4, -0.2) is 21.5 Å². The lowest BCUT2D eigenvalue weighted by atomic mass is 9.95.